The van der Waals surface area contributed by atoms with Gasteiger partial charge in [0.2, 0.25) is 0 Å². The lowest BCUT2D eigenvalue weighted by molar-refractivity contribution is -0.149. The monoisotopic (exact) mass is 262 g/mol. The number of aliphatic carboxylic acids is 2. The first-order valence-corrected chi connectivity index (χ1v) is 6.51. The van der Waals surface area contributed by atoms with Gasteiger partial charge < -0.3 is 10.2 Å². The Morgan fingerprint density at radius 2 is 1.79 bits per heavy atom. The van der Waals surface area contributed by atoms with Gasteiger partial charge in [-0.25, -0.2) is 0 Å². The second kappa shape index (κ2) is 5.03. The van der Waals surface area contributed by atoms with Crippen molar-refractivity contribution < 1.29 is 19.8 Å². The number of carbonyl (C=O) groups is 2. The fourth-order valence-electron chi connectivity index (χ4n) is 2.68. The zero-order valence-electron chi connectivity index (χ0n) is 11.0. The first-order chi connectivity index (χ1) is 8.93. The third kappa shape index (κ3) is 2.62. The number of carboxylic acids is 2. The van der Waals surface area contributed by atoms with Crippen LogP contribution < -0.4 is 0 Å². The summed E-state index contributed by atoms with van der Waals surface area (Å²) >= 11 is 0. The van der Waals surface area contributed by atoms with Gasteiger partial charge in [0.05, 0.1) is 6.42 Å². The minimum absolute atomic E-state index is 0.402. The predicted molar refractivity (Wildman–Crippen MR) is 70.3 cm³/mol. The van der Waals surface area contributed by atoms with Gasteiger partial charge in [-0.2, -0.15) is 0 Å². The molecule has 0 aliphatic heterocycles. The fraction of sp³-hybridized carbons (Fsp3) is 0.467. The molecule has 1 aromatic rings. The molecular formula is C15H18O4. The van der Waals surface area contributed by atoms with Crippen LogP contribution >= 0.6 is 0 Å². The van der Waals surface area contributed by atoms with Gasteiger partial charge in [0.15, 0.2) is 0 Å². The lowest BCUT2D eigenvalue weighted by Gasteiger charge is -2.26. The second-order valence-corrected chi connectivity index (χ2v) is 5.40. The van der Waals surface area contributed by atoms with E-state index in [0.717, 1.165) is 25.7 Å². The molecule has 2 rings (SSSR count). The normalized spacial score (nSPS) is 17.3. The van der Waals surface area contributed by atoms with Gasteiger partial charge in [-0.15, -0.1) is 0 Å². The lowest BCUT2D eigenvalue weighted by atomic mass is 9.77. The minimum atomic E-state index is -1.36. The third-order valence-corrected chi connectivity index (χ3v) is 3.96. The van der Waals surface area contributed by atoms with Gasteiger partial charge in [-0.1, -0.05) is 18.2 Å². The number of hydrogen-bond donors (Lipinski definition) is 2. The Morgan fingerprint density at radius 3 is 2.37 bits per heavy atom. The average molecular weight is 262 g/mol. The molecule has 0 fully saturated rings. The molecule has 0 saturated heterocycles. The molecule has 0 saturated carbocycles. The molecule has 0 aromatic heterocycles. The highest BCUT2D eigenvalue weighted by molar-refractivity contribution is 5.86. The summed E-state index contributed by atoms with van der Waals surface area (Å²) in [5.74, 6) is -2.19. The Morgan fingerprint density at radius 1 is 1.16 bits per heavy atom. The molecule has 4 nitrogen and oxygen atoms in total. The van der Waals surface area contributed by atoms with Crippen LogP contribution in [0.5, 0.6) is 0 Å². The highest BCUT2D eigenvalue weighted by Crippen LogP contribution is 2.32. The summed E-state index contributed by atoms with van der Waals surface area (Å²) < 4.78 is 0. The van der Waals surface area contributed by atoms with Crippen molar-refractivity contribution in [3.63, 3.8) is 0 Å². The Hall–Kier alpha value is -1.84. The molecule has 2 N–H and O–H groups in total. The number of benzene rings is 1. The van der Waals surface area contributed by atoms with Gasteiger partial charge in [0.1, 0.15) is 5.41 Å². The minimum Gasteiger partial charge on any atom is -0.481 e. The highest BCUT2D eigenvalue weighted by Gasteiger charge is 2.38. The van der Waals surface area contributed by atoms with Crippen molar-refractivity contribution in [3.8, 4) is 0 Å². The van der Waals surface area contributed by atoms with E-state index in [2.05, 4.69) is 0 Å². The molecule has 0 amide bonds. The number of fused-ring (bicyclic) bond motifs is 1. The molecule has 1 aliphatic carbocycles. The number of carboxylic acid groups (broad SMARTS) is 2. The summed E-state index contributed by atoms with van der Waals surface area (Å²) in [6.45, 7) is 1.48. The van der Waals surface area contributed by atoms with Crippen molar-refractivity contribution in [3.05, 3.63) is 34.9 Å². The first-order valence-electron chi connectivity index (χ1n) is 6.51. The standard InChI is InChI=1S/C15H18O4/c1-15(14(18)19,9-13(16)17)12-7-6-10-4-2-3-5-11(10)8-12/h6-8H,2-5,9H2,1H3,(H,16,17)(H,18,19). The van der Waals surface area contributed by atoms with E-state index in [1.165, 1.54) is 18.1 Å². The van der Waals surface area contributed by atoms with E-state index >= 15 is 0 Å². The molecule has 1 unspecified atom stereocenters. The average Bonchev–Trinajstić information content (AvgIpc) is 2.37. The molecule has 0 radical (unpaired) electrons. The maximum absolute atomic E-state index is 11.5. The molecule has 1 atom stereocenters. The van der Waals surface area contributed by atoms with Crippen LogP contribution in [0, 0.1) is 0 Å². The van der Waals surface area contributed by atoms with Crippen LogP contribution in [0.4, 0.5) is 0 Å². The van der Waals surface area contributed by atoms with Gasteiger partial charge in [0, 0.05) is 0 Å². The van der Waals surface area contributed by atoms with E-state index in [0.29, 0.717) is 5.56 Å². The molecule has 19 heavy (non-hydrogen) atoms. The largest absolute Gasteiger partial charge is 0.481 e. The van der Waals surface area contributed by atoms with Crippen LogP contribution in [-0.4, -0.2) is 22.2 Å². The zero-order valence-corrected chi connectivity index (χ0v) is 11.0. The number of aryl methyl sites for hydroxylation is 2. The van der Waals surface area contributed by atoms with Crippen molar-refractivity contribution in [2.45, 2.75) is 44.4 Å². The van der Waals surface area contributed by atoms with E-state index in [9.17, 15) is 14.7 Å². The molecular weight excluding hydrogens is 244 g/mol. The Balaban J connectivity index is 2.42. The summed E-state index contributed by atoms with van der Waals surface area (Å²) in [5.41, 5.74) is 1.65. The van der Waals surface area contributed by atoms with E-state index in [1.807, 2.05) is 12.1 Å². The van der Waals surface area contributed by atoms with Crippen molar-refractivity contribution in [1.82, 2.24) is 0 Å². The van der Waals surface area contributed by atoms with Crippen LogP contribution in [-0.2, 0) is 27.8 Å². The molecule has 1 aromatic carbocycles. The van der Waals surface area contributed by atoms with Crippen molar-refractivity contribution in [2.24, 2.45) is 0 Å². The molecule has 0 bridgehead atoms. The van der Waals surface area contributed by atoms with Gasteiger partial charge >= 0.3 is 11.9 Å². The van der Waals surface area contributed by atoms with Crippen LogP contribution in [0.15, 0.2) is 18.2 Å². The second-order valence-electron chi connectivity index (χ2n) is 5.40. The Kier molecular flexibility index (Phi) is 3.60. The maximum Gasteiger partial charge on any atom is 0.314 e. The third-order valence-electron chi connectivity index (χ3n) is 3.96. The van der Waals surface area contributed by atoms with Crippen LogP contribution in [0.25, 0.3) is 0 Å². The highest BCUT2D eigenvalue weighted by atomic mass is 16.4. The number of rotatable bonds is 4. The molecule has 0 heterocycles. The van der Waals surface area contributed by atoms with Gasteiger partial charge in [0.25, 0.3) is 0 Å². The zero-order chi connectivity index (χ0) is 14.0. The maximum atomic E-state index is 11.5. The SMILES string of the molecule is CC(CC(=O)O)(C(=O)O)c1ccc2c(c1)CCCC2. The van der Waals surface area contributed by atoms with Gasteiger partial charge in [-0.05, 0) is 49.3 Å². The lowest BCUT2D eigenvalue weighted by Crippen LogP contribution is -2.35. The first kappa shape index (κ1) is 13.6. The summed E-state index contributed by atoms with van der Waals surface area (Å²) in [4.78, 5) is 22.4. The van der Waals surface area contributed by atoms with Crippen LogP contribution in [0.1, 0.15) is 42.9 Å². The summed E-state index contributed by atoms with van der Waals surface area (Å²) in [6, 6.07) is 5.60. The Bertz CT molecular complexity index is 521. The van der Waals surface area contributed by atoms with E-state index in [-0.39, 0.29) is 0 Å². The van der Waals surface area contributed by atoms with Crippen molar-refractivity contribution >= 4 is 11.9 Å². The molecule has 4 heteroatoms. The topological polar surface area (TPSA) is 74.6 Å². The van der Waals surface area contributed by atoms with E-state index in [4.69, 9.17) is 5.11 Å². The Labute approximate surface area is 112 Å². The number of hydrogen-bond acceptors (Lipinski definition) is 2. The van der Waals surface area contributed by atoms with E-state index < -0.39 is 23.8 Å². The van der Waals surface area contributed by atoms with Crippen LogP contribution in [0.2, 0.25) is 0 Å². The summed E-state index contributed by atoms with van der Waals surface area (Å²) in [7, 11) is 0. The quantitative estimate of drug-likeness (QED) is 0.873. The summed E-state index contributed by atoms with van der Waals surface area (Å²) in [6.07, 6.45) is 3.85. The summed E-state index contributed by atoms with van der Waals surface area (Å²) in [5, 5.41) is 18.3. The molecule has 102 valence electrons. The molecule has 0 spiro atoms. The van der Waals surface area contributed by atoms with E-state index in [1.54, 1.807) is 6.07 Å². The van der Waals surface area contributed by atoms with Gasteiger partial charge in [-0.3, -0.25) is 9.59 Å². The van der Waals surface area contributed by atoms with Crippen LogP contribution in [0.3, 0.4) is 0 Å². The molecule has 1 aliphatic rings. The van der Waals surface area contributed by atoms with Crippen molar-refractivity contribution in [2.75, 3.05) is 0 Å². The predicted octanol–water partition coefficient (Wildman–Crippen LogP) is 2.38. The fourth-order valence-corrected chi connectivity index (χ4v) is 2.68. The van der Waals surface area contributed by atoms with Crippen molar-refractivity contribution in [1.29, 1.82) is 0 Å². The smallest absolute Gasteiger partial charge is 0.314 e.